The highest BCUT2D eigenvalue weighted by Gasteiger charge is 2.11. The second kappa shape index (κ2) is 9.41. The number of hydrogen-bond acceptors (Lipinski definition) is 4. The van der Waals surface area contributed by atoms with Crippen molar-refractivity contribution in [2.75, 3.05) is 10.3 Å². The molecular formula is C26H21N3O2. The van der Waals surface area contributed by atoms with Crippen molar-refractivity contribution in [3.63, 3.8) is 0 Å². The minimum absolute atomic E-state index is 0.242. The van der Waals surface area contributed by atoms with Crippen LogP contribution < -0.4 is 10.3 Å². The molecule has 0 bridgehead atoms. The van der Waals surface area contributed by atoms with E-state index >= 15 is 0 Å². The van der Waals surface area contributed by atoms with E-state index in [-0.39, 0.29) is 5.56 Å². The van der Waals surface area contributed by atoms with Crippen molar-refractivity contribution in [2.24, 2.45) is 5.10 Å². The molecule has 4 aromatic rings. The van der Waals surface area contributed by atoms with E-state index in [1.807, 2.05) is 48.5 Å². The number of para-hydroxylation sites is 2. The molecule has 0 aromatic heterocycles. The van der Waals surface area contributed by atoms with Crippen molar-refractivity contribution in [1.82, 2.24) is 0 Å². The first-order chi connectivity index (χ1) is 15.2. The zero-order valence-electron chi connectivity index (χ0n) is 16.7. The summed E-state index contributed by atoms with van der Waals surface area (Å²) < 4.78 is 0. The Morgan fingerprint density at radius 3 is 1.74 bits per heavy atom. The quantitative estimate of drug-likeness (QED) is 0.279. The maximum Gasteiger partial charge on any atom is 0.335 e. The van der Waals surface area contributed by atoms with Gasteiger partial charge in [0.1, 0.15) is 0 Å². The highest BCUT2D eigenvalue weighted by Crippen LogP contribution is 2.33. The number of anilines is 4. The van der Waals surface area contributed by atoms with Crippen LogP contribution in [0.5, 0.6) is 0 Å². The highest BCUT2D eigenvalue weighted by molar-refractivity contribution is 5.88. The Bertz CT molecular complexity index is 1120. The molecule has 0 aliphatic rings. The van der Waals surface area contributed by atoms with E-state index in [4.69, 9.17) is 5.11 Å². The molecule has 0 saturated heterocycles. The molecule has 0 unspecified atom stereocenters. The molecule has 0 aliphatic carbocycles. The number of carboxylic acid groups (broad SMARTS) is 1. The van der Waals surface area contributed by atoms with Crippen LogP contribution in [0.2, 0.25) is 0 Å². The number of carboxylic acids is 1. The van der Waals surface area contributed by atoms with Gasteiger partial charge < -0.3 is 10.0 Å². The number of hydrogen-bond donors (Lipinski definition) is 2. The predicted molar refractivity (Wildman–Crippen MR) is 126 cm³/mol. The van der Waals surface area contributed by atoms with E-state index in [0.29, 0.717) is 0 Å². The monoisotopic (exact) mass is 407 g/mol. The molecule has 0 amide bonds. The summed E-state index contributed by atoms with van der Waals surface area (Å²) in [7, 11) is 0. The summed E-state index contributed by atoms with van der Waals surface area (Å²) in [6.07, 6.45) is 1.73. The maximum atomic E-state index is 10.9. The van der Waals surface area contributed by atoms with Crippen molar-refractivity contribution >= 4 is 34.9 Å². The lowest BCUT2D eigenvalue weighted by Crippen LogP contribution is -2.09. The Kier molecular flexibility index (Phi) is 6.05. The molecule has 0 atom stereocenters. The van der Waals surface area contributed by atoms with Crippen molar-refractivity contribution in [1.29, 1.82) is 0 Å². The summed E-state index contributed by atoms with van der Waals surface area (Å²) in [5.74, 6) is -0.949. The third-order valence-corrected chi connectivity index (χ3v) is 4.72. The van der Waals surface area contributed by atoms with Gasteiger partial charge in [-0.3, -0.25) is 5.43 Å². The van der Waals surface area contributed by atoms with E-state index < -0.39 is 5.97 Å². The van der Waals surface area contributed by atoms with Crippen LogP contribution in [-0.4, -0.2) is 17.3 Å². The van der Waals surface area contributed by atoms with Crippen LogP contribution in [0.15, 0.2) is 114 Å². The molecule has 0 saturated carbocycles. The van der Waals surface area contributed by atoms with Crippen molar-refractivity contribution in [3.05, 3.63) is 120 Å². The average molecular weight is 407 g/mol. The van der Waals surface area contributed by atoms with Crippen molar-refractivity contribution < 1.29 is 9.90 Å². The van der Waals surface area contributed by atoms with Gasteiger partial charge in [0, 0.05) is 17.1 Å². The van der Waals surface area contributed by atoms with Crippen LogP contribution in [0.4, 0.5) is 22.7 Å². The Morgan fingerprint density at radius 1 is 0.710 bits per heavy atom. The maximum absolute atomic E-state index is 10.9. The minimum Gasteiger partial charge on any atom is -0.478 e. The van der Waals surface area contributed by atoms with Gasteiger partial charge in [0.2, 0.25) is 0 Å². The van der Waals surface area contributed by atoms with Gasteiger partial charge in [-0.15, -0.1) is 0 Å². The van der Waals surface area contributed by atoms with E-state index in [9.17, 15) is 4.79 Å². The van der Waals surface area contributed by atoms with E-state index in [2.05, 4.69) is 51.8 Å². The molecule has 31 heavy (non-hydrogen) atoms. The Morgan fingerprint density at radius 2 is 1.23 bits per heavy atom. The second-order valence-corrected chi connectivity index (χ2v) is 6.85. The summed E-state index contributed by atoms with van der Waals surface area (Å²) >= 11 is 0. The number of nitrogens with zero attached hydrogens (tertiary/aromatic N) is 2. The van der Waals surface area contributed by atoms with Gasteiger partial charge in [0.15, 0.2) is 0 Å². The number of carbonyl (C=O) groups is 1. The Hall–Kier alpha value is -4.38. The lowest BCUT2D eigenvalue weighted by molar-refractivity contribution is 0.0697. The summed E-state index contributed by atoms with van der Waals surface area (Å²) in [4.78, 5) is 13.1. The molecule has 0 heterocycles. The third-order valence-electron chi connectivity index (χ3n) is 4.72. The molecule has 0 radical (unpaired) electrons. The molecule has 2 N–H and O–H groups in total. The normalized spacial score (nSPS) is 10.7. The largest absolute Gasteiger partial charge is 0.478 e. The van der Waals surface area contributed by atoms with E-state index in [0.717, 1.165) is 28.3 Å². The molecule has 4 rings (SSSR count). The van der Waals surface area contributed by atoms with Gasteiger partial charge >= 0.3 is 5.97 Å². The molecular weight excluding hydrogens is 386 g/mol. The smallest absolute Gasteiger partial charge is 0.335 e. The van der Waals surface area contributed by atoms with E-state index in [1.165, 1.54) is 12.1 Å². The standard InChI is InChI=1S/C26H21N3O2/c30-26(31)21-13-15-22(16-14-21)28-27-19-20-11-17-25(18-12-20)29(23-7-3-1-4-8-23)24-9-5-2-6-10-24/h1-19,28H,(H,30,31). The fourth-order valence-electron chi connectivity index (χ4n) is 3.18. The Balaban J connectivity index is 1.50. The first kappa shape index (κ1) is 19.9. The van der Waals surface area contributed by atoms with Crippen LogP contribution in [0.3, 0.4) is 0 Å². The highest BCUT2D eigenvalue weighted by atomic mass is 16.4. The number of rotatable bonds is 7. The zero-order valence-corrected chi connectivity index (χ0v) is 16.7. The van der Waals surface area contributed by atoms with Gasteiger partial charge in [-0.2, -0.15) is 5.10 Å². The van der Waals surface area contributed by atoms with Gasteiger partial charge in [0.05, 0.1) is 17.5 Å². The number of aromatic carboxylic acids is 1. The molecule has 0 aliphatic heterocycles. The van der Waals surface area contributed by atoms with Crippen LogP contribution in [0.25, 0.3) is 0 Å². The first-order valence-electron chi connectivity index (χ1n) is 9.83. The lowest BCUT2D eigenvalue weighted by Gasteiger charge is -2.25. The van der Waals surface area contributed by atoms with Crippen molar-refractivity contribution in [3.8, 4) is 0 Å². The molecule has 0 fully saturated rings. The average Bonchev–Trinajstić information content (AvgIpc) is 2.82. The number of benzene rings is 4. The molecule has 5 nitrogen and oxygen atoms in total. The van der Waals surface area contributed by atoms with Gasteiger partial charge in [-0.1, -0.05) is 48.5 Å². The summed E-state index contributed by atoms with van der Waals surface area (Å²) in [6, 6.07) is 35.0. The summed E-state index contributed by atoms with van der Waals surface area (Å²) in [5.41, 5.74) is 8.04. The molecule has 4 aromatic carbocycles. The van der Waals surface area contributed by atoms with E-state index in [1.54, 1.807) is 18.3 Å². The van der Waals surface area contributed by atoms with Crippen LogP contribution in [-0.2, 0) is 0 Å². The summed E-state index contributed by atoms with van der Waals surface area (Å²) in [6.45, 7) is 0. The predicted octanol–water partition coefficient (Wildman–Crippen LogP) is 6.30. The zero-order chi connectivity index (χ0) is 21.5. The van der Waals surface area contributed by atoms with Gasteiger partial charge in [0.25, 0.3) is 0 Å². The molecule has 152 valence electrons. The van der Waals surface area contributed by atoms with Crippen LogP contribution >= 0.6 is 0 Å². The van der Waals surface area contributed by atoms with Crippen LogP contribution in [0, 0.1) is 0 Å². The minimum atomic E-state index is -0.949. The van der Waals surface area contributed by atoms with Crippen molar-refractivity contribution in [2.45, 2.75) is 0 Å². The summed E-state index contributed by atoms with van der Waals surface area (Å²) in [5, 5.41) is 13.2. The second-order valence-electron chi connectivity index (χ2n) is 6.85. The topological polar surface area (TPSA) is 64.9 Å². The lowest BCUT2D eigenvalue weighted by atomic mass is 10.1. The number of hydrazone groups is 1. The number of nitrogens with one attached hydrogen (secondary N) is 1. The fraction of sp³-hybridized carbons (Fsp3) is 0. The van der Waals surface area contributed by atoms with Gasteiger partial charge in [-0.25, -0.2) is 4.79 Å². The molecule has 0 spiro atoms. The fourth-order valence-corrected chi connectivity index (χ4v) is 3.18. The SMILES string of the molecule is O=C(O)c1ccc(NN=Cc2ccc(N(c3ccccc3)c3ccccc3)cc2)cc1. The van der Waals surface area contributed by atoms with Gasteiger partial charge in [-0.05, 0) is 66.2 Å². The third kappa shape index (κ3) is 4.97. The Labute approximate surface area is 180 Å². The van der Waals surface area contributed by atoms with Crippen LogP contribution in [0.1, 0.15) is 15.9 Å². The molecule has 5 heteroatoms. The first-order valence-corrected chi connectivity index (χ1v) is 9.83.